The number of nitrogens with one attached hydrogen (secondary N) is 3. The molecule has 0 spiro atoms. The van der Waals surface area contributed by atoms with E-state index in [1.807, 2.05) is 0 Å². The predicted octanol–water partition coefficient (Wildman–Crippen LogP) is -1.09. The van der Waals surface area contributed by atoms with Crippen molar-refractivity contribution in [2.75, 3.05) is 39.3 Å². The molecule has 0 bridgehead atoms. The van der Waals surface area contributed by atoms with Crippen LogP contribution in [0, 0.1) is 0 Å². The molecule has 0 aromatic heterocycles. The zero-order chi connectivity index (χ0) is 9.36. The highest BCUT2D eigenvalue weighted by atomic mass is 16.3. The van der Waals surface area contributed by atoms with Crippen molar-refractivity contribution in [2.24, 2.45) is 0 Å². The van der Waals surface area contributed by atoms with Crippen LogP contribution in [0.4, 0.5) is 0 Å². The summed E-state index contributed by atoms with van der Waals surface area (Å²) < 4.78 is 0. The maximum Gasteiger partial charge on any atom is 0.0788 e. The molecule has 1 aliphatic heterocycles. The molecule has 1 heterocycles. The minimum Gasteiger partial charge on any atom is -0.390 e. The Kier molecular flexibility index (Phi) is 6.10. The van der Waals surface area contributed by atoms with Gasteiger partial charge in [-0.15, -0.1) is 0 Å². The maximum atomic E-state index is 9.45. The summed E-state index contributed by atoms with van der Waals surface area (Å²) in [5.74, 6) is 0. The second-order valence-corrected chi connectivity index (χ2v) is 3.52. The molecule has 4 heteroatoms. The number of aliphatic hydroxyl groups is 1. The second kappa shape index (κ2) is 7.26. The van der Waals surface area contributed by atoms with Crippen molar-refractivity contribution < 1.29 is 5.11 Å². The predicted molar refractivity (Wildman–Crippen MR) is 53.8 cm³/mol. The summed E-state index contributed by atoms with van der Waals surface area (Å²) in [6.45, 7) is 5.53. The molecular formula is C9H21N3O. The monoisotopic (exact) mass is 187 g/mol. The molecular weight excluding hydrogens is 166 g/mol. The highest BCUT2D eigenvalue weighted by Crippen LogP contribution is 1.83. The van der Waals surface area contributed by atoms with Gasteiger partial charge in [-0.2, -0.15) is 0 Å². The third-order valence-corrected chi connectivity index (χ3v) is 2.17. The quantitative estimate of drug-likeness (QED) is 0.389. The lowest BCUT2D eigenvalue weighted by atomic mass is 10.3. The standard InChI is InChI=1S/C9H21N3O/c13-9-7-11-5-1-3-10-4-2-6-12-8-9/h9-13H,1-8H2. The Morgan fingerprint density at radius 1 is 0.769 bits per heavy atom. The Morgan fingerprint density at radius 3 is 1.77 bits per heavy atom. The molecule has 1 rings (SSSR count). The largest absolute Gasteiger partial charge is 0.390 e. The van der Waals surface area contributed by atoms with E-state index in [4.69, 9.17) is 0 Å². The maximum absolute atomic E-state index is 9.45. The fraction of sp³-hybridized carbons (Fsp3) is 1.00. The second-order valence-electron chi connectivity index (χ2n) is 3.52. The third-order valence-electron chi connectivity index (χ3n) is 2.17. The number of hydrogen-bond acceptors (Lipinski definition) is 4. The molecule has 1 aliphatic rings. The van der Waals surface area contributed by atoms with Gasteiger partial charge in [0.25, 0.3) is 0 Å². The molecule has 1 saturated heterocycles. The van der Waals surface area contributed by atoms with Crippen molar-refractivity contribution in [3.05, 3.63) is 0 Å². The van der Waals surface area contributed by atoms with Crippen molar-refractivity contribution in [1.82, 2.24) is 16.0 Å². The SMILES string of the molecule is OC1CNCCCNCCCNC1. The molecule has 0 unspecified atom stereocenters. The lowest BCUT2D eigenvalue weighted by Crippen LogP contribution is -2.38. The van der Waals surface area contributed by atoms with Crippen LogP contribution in [-0.2, 0) is 0 Å². The lowest BCUT2D eigenvalue weighted by molar-refractivity contribution is 0.168. The summed E-state index contributed by atoms with van der Waals surface area (Å²) in [5.41, 5.74) is 0. The minimum absolute atomic E-state index is 0.243. The first kappa shape index (κ1) is 10.9. The van der Waals surface area contributed by atoms with E-state index in [1.165, 1.54) is 0 Å². The van der Waals surface area contributed by atoms with Crippen molar-refractivity contribution in [2.45, 2.75) is 18.9 Å². The summed E-state index contributed by atoms with van der Waals surface area (Å²) in [7, 11) is 0. The topological polar surface area (TPSA) is 56.3 Å². The highest BCUT2D eigenvalue weighted by Gasteiger charge is 2.02. The highest BCUT2D eigenvalue weighted by molar-refractivity contribution is 4.64. The van der Waals surface area contributed by atoms with Crippen LogP contribution in [0.1, 0.15) is 12.8 Å². The Hall–Kier alpha value is -0.160. The average molecular weight is 187 g/mol. The number of hydrogen-bond donors (Lipinski definition) is 4. The van der Waals surface area contributed by atoms with Crippen LogP contribution in [-0.4, -0.2) is 50.5 Å². The van der Waals surface area contributed by atoms with E-state index in [0.717, 1.165) is 39.0 Å². The number of aliphatic hydroxyl groups excluding tert-OH is 1. The summed E-state index contributed by atoms with van der Waals surface area (Å²) in [6.07, 6.45) is 2.03. The van der Waals surface area contributed by atoms with Crippen LogP contribution in [0.15, 0.2) is 0 Å². The normalized spacial score (nSPS) is 24.7. The Bertz CT molecular complexity index is 109. The first-order valence-corrected chi connectivity index (χ1v) is 5.20. The van der Waals surface area contributed by atoms with Gasteiger partial charge in [0.05, 0.1) is 6.10 Å². The van der Waals surface area contributed by atoms with Gasteiger partial charge in [0.15, 0.2) is 0 Å². The summed E-state index contributed by atoms with van der Waals surface area (Å²) >= 11 is 0. The van der Waals surface area contributed by atoms with Gasteiger partial charge in [0, 0.05) is 13.1 Å². The molecule has 78 valence electrons. The first-order valence-electron chi connectivity index (χ1n) is 5.20. The van der Waals surface area contributed by atoms with E-state index >= 15 is 0 Å². The van der Waals surface area contributed by atoms with E-state index in [0.29, 0.717) is 13.1 Å². The summed E-state index contributed by atoms with van der Waals surface area (Å²) in [5, 5.41) is 19.3. The molecule has 4 N–H and O–H groups in total. The molecule has 13 heavy (non-hydrogen) atoms. The fourth-order valence-electron chi connectivity index (χ4n) is 1.41. The molecule has 0 saturated carbocycles. The number of rotatable bonds is 0. The molecule has 0 aromatic rings. The Labute approximate surface area is 80.1 Å². The van der Waals surface area contributed by atoms with Crippen molar-refractivity contribution in [1.29, 1.82) is 0 Å². The fourth-order valence-corrected chi connectivity index (χ4v) is 1.41. The van der Waals surface area contributed by atoms with E-state index in [9.17, 15) is 5.11 Å². The van der Waals surface area contributed by atoms with E-state index < -0.39 is 0 Å². The zero-order valence-electron chi connectivity index (χ0n) is 8.18. The Balaban J connectivity index is 2.11. The van der Waals surface area contributed by atoms with Crippen LogP contribution in [0.25, 0.3) is 0 Å². The number of β-amino-alcohol motifs (C(OH)–C–C–N with tert-alkyl or cyclic N) is 1. The zero-order valence-corrected chi connectivity index (χ0v) is 8.18. The van der Waals surface area contributed by atoms with Crippen LogP contribution in [0.2, 0.25) is 0 Å². The van der Waals surface area contributed by atoms with Gasteiger partial charge in [-0.05, 0) is 39.0 Å². The van der Waals surface area contributed by atoms with Crippen LogP contribution < -0.4 is 16.0 Å². The molecule has 0 aliphatic carbocycles. The van der Waals surface area contributed by atoms with E-state index in [1.54, 1.807) is 0 Å². The van der Waals surface area contributed by atoms with Crippen molar-refractivity contribution in [3.63, 3.8) is 0 Å². The minimum atomic E-state index is -0.243. The molecule has 0 radical (unpaired) electrons. The lowest BCUT2D eigenvalue weighted by Gasteiger charge is -2.14. The van der Waals surface area contributed by atoms with Crippen molar-refractivity contribution >= 4 is 0 Å². The van der Waals surface area contributed by atoms with Gasteiger partial charge in [-0.1, -0.05) is 0 Å². The van der Waals surface area contributed by atoms with Gasteiger partial charge in [0.1, 0.15) is 0 Å². The summed E-state index contributed by atoms with van der Waals surface area (Å²) in [6, 6.07) is 0. The van der Waals surface area contributed by atoms with Gasteiger partial charge in [-0.25, -0.2) is 0 Å². The molecule has 0 aromatic carbocycles. The van der Waals surface area contributed by atoms with E-state index in [-0.39, 0.29) is 6.10 Å². The van der Waals surface area contributed by atoms with Gasteiger partial charge < -0.3 is 21.1 Å². The van der Waals surface area contributed by atoms with Gasteiger partial charge in [0.2, 0.25) is 0 Å². The Morgan fingerprint density at radius 2 is 1.23 bits per heavy atom. The molecule has 0 amide bonds. The third kappa shape index (κ3) is 5.99. The van der Waals surface area contributed by atoms with Crippen molar-refractivity contribution in [3.8, 4) is 0 Å². The van der Waals surface area contributed by atoms with Crippen LogP contribution in [0.5, 0.6) is 0 Å². The van der Waals surface area contributed by atoms with Crippen LogP contribution >= 0.6 is 0 Å². The smallest absolute Gasteiger partial charge is 0.0788 e. The van der Waals surface area contributed by atoms with Gasteiger partial charge >= 0.3 is 0 Å². The summed E-state index contributed by atoms with van der Waals surface area (Å²) in [4.78, 5) is 0. The van der Waals surface area contributed by atoms with Gasteiger partial charge in [-0.3, -0.25) is 0 Å². The average Bonchev–Trinajstić information content (AvgIpc) is 2.11. The first-order chi connectivity index (χ1) is 6.39. The molecule has 0 atom stereocenters. The molecule has 4 nitrogen and oxygen atoms in total. The molecule has 1 fully saturated rings. The van der Waals surface area contributed by atoms with E-state index in [2.05, 4.69) is 16.0 Å². The van der Waals surface area contributed by atoms with Crippen LogP contribution in [0.3, 0.4) is 0 Å².